The van der Waals surface area contributed by atoms with Gasteiger partial charge in [0.25, 0.3) is 0 Å². The van der Waals surface area contributed by atoms with Crippen molar-refractivity contribution in [1.29, 1.82) is 0 Å². The number of carbonyl (C=O) groups is 1. The number of hydrogen-bond acceptors (Lipinski definition) is 3. The maximum atomic E-state index is 13.2. The molecule has 1 aromatic heterocycles. The first-order valence-corrected chi connectivity index (χ1v) is 8.09. The van der Waals surface area contributed by atoms with Crippen molar-refractivity contribution in [2.75, 3.05) is 0 Å². The van der Waals surface area contributed by atoms with Crippen molar-refractivity contribution in [3.8, 4) is 5.75 Å². The van der Waals surface area contributed by atoms with Gasteiger partial charge in [0.15, 0.2) is 0 Å². The molecule has 0 radical (unpaired) electrons. The van der Waals surface area contributed by atoms with Gasteiger partial charge in [-0.3, -0.25) is 0 Å². The summed E-state index contributed by atoms with van der Waals surface area (Å²) in [6, 6.07) is 2.75. The summed E-state index contributed by atoms with van der Waals surface area (Å²) in [5, 5.41) is 9.50. The van der Waals surface area contributed by atoms with E-state index in [9.17, 15) is 23.1 Å². The van der Waals surface area contributed by atoms with Crippen molar-refractivity contribution in [2.45, 2.75) is 32.2 Å². The third kappa shape index (κ3) is 4.06. The predicted octanol–water partition coefficient (Wildman–Crippen LogP) is 4.36. The Labute approximate surface area is 163 Å². The predicted molar refractivity (Wildman–Crippen MR) is 95.5 cm³/mol. The van der Waals surface area contributed by atoms with E-state index in [1.807, 2.05) is 6.92 Å². The number of halogens is 5. The van der Waals surface area contributed by atoms with Gasteiger partial charge in [0.2, 0.25) is 6.10 Å². The first-order chi connectivity index (χ1) is 12.2. The van der Waals surface area contributed by atoms with Crippen molar-refractivity contribution in [2.24, 2.45) is 0 Å². The van der Waals surface area contributed by atoms with E-state index < -0.39 is 23.8 Å². The molecule has 1 aliphatic heterocycles. The van der Waals surface area contributed by atoms with Crippen LogP contribution in [0.2, 0.25) is 5.02 Å². The quantitative estimate of drug-likeness (QED) is 0.794. The molecule has 1 atom stereocenters. The lowest BCUT2D eigenvalue weighted by atomic mass is 9.97. The van der Waals surface area contributed by atoms with E-state index in [2.05, 4.69) is 4.98 Å². The fraction of sp³-hybridized carbons (Fsp3) is 0.294. The molecular formula is C17H15Cl2F3N2O3. The number of carboxylic acids is 1. The molecule has 27 heavy (non-hydrogen) atoms. The maximum absolute atomic E-state index is 13.2. The van der Waals surface area contributed by atoms with E-state index >= 15 is 0 Å². The number of aryl methyl sites for hydroxylation is 1. The molecule has 2 heterocycles. The zero-order chi connectivity index (χ0) is 19.1. The fourth-order valence-electron chi connectivity index (χ4n) is 2.85. The number of aliphatic carboxylic acids is 1. The van der Waals surface area contributed by atoms with Crippen LogP contribution in [0.1, 0.15) is 23.9 Å². The lowest BCUT2D eigenvalue weighted by Gasteiger charge is -2.28. The van der Waals surface area contributed by atoms with E-state index in [1.54, 1.807) is 17.0 Å². The second kappa shape index (κ2) is 7.82. The molecule has 1 N–H and O–H groups in total. The molecule has 3 rings (SSSR count). The Bertz CT molecular complexity index is 894. The normalized spacial score (nSPS) is 16.0. The molecule has 0 amide bonds. The highest BCUT2D eigenvalue weighted by atomic mass is 35.5. The Hall–Kier alpha value is -2.19. The van der Waals surface area contributed by atoms with Crippen LogP contribution in [0.3, 0.4) is 0 Å². The molecule has 146 valence electrons. The number of ether oxygens (including phenoxy) is 1. The van der Waals surface area contributed by atoms with Crippen LogP contribution in [0.15, 0.2) is 30.1 Å². The van der Waals surface area contributed by atoms with Crippen molar-refractivity contribution in [3.05, 3.63) is 52.1 Å². The molecule has 0 spiro atoms. The average Bonchev–Trinajstić information content (AvgIpc) is 3.02. The van der Waals surface area contributed by atoms with Crippen LogP contribution < -0.4 is 4.74 Å². The monoisotopic (exact) mass is 422 g/mol. The molecule has 1 aliphatic rings. The Kier molecular flexibility index (Phi) is 6.11. The highest BCUT2D eigenvalue weighted by molar-refractivity contribution is 6.31. The van der Waals surface area contributed by atoms with Crippen LogP contribution in [0.5, 0.6) is 5.75 Å². The zero-order valence-corrected chi connectivity index (χ0v) is 15.5. The minimum Gasteiger partial charge on any atom is -0.478 e. The van der Waals surface area contributed by atoms with Crippen molar-refractivity contribution < 1.29 is 27.8 Å². The largest absolute Gasteiger partial charge is 0.478 e. The number of imidazole rings is 1. The van der Waals surface area contributed by atoms with E-state index in [0.29, 0.717) is 17.0 Å². The number of carboxylic acid groups (broad SMARTS) is 1. The fourth-order valence-corrected chi connectivity index (χ4v) is 3.07. The van der Waals surface area contributed by atoms with Crippen LogP contribution in [0.25, 0.3) is 6.08 Å². The molecule has 0 bridgehead atoms. The first-order valence-electron chi connectivity index (χ1n) is 7.72. The van der Waals surface area contributed by atoms with Crippen molar-refractivity contribution >= 4 is 36.1 Å². The third-order valence-corrected chi connectivity index (χ3v) is 4.43. The Balaban J connectivity index is 0.00000261. The molecule has 0 fully saturated rings. The summed E-state index contributed by atoms with van der Waals surface area (Å²) >= 11 is 6.24. The Morgan fingerprint density at radius 2 is 2.11 bits per heavy atom. The molecule has 1 aromatic carbocycles. The van der Waals surface area contributed by atoms with Crippen LogP contribution >= 0.6 is 24.0 Å². The number of alkyl halides is 3. The van der Waals surface area contributed by atoms with Crippen LogP contribution in [-0.2, 0) is 17.8 Å². The summed E-state index contributed by atoms with van der Waals surface area (Å²) in [7, 11) is 0. The smallest absolute Gasteiger partial charge is 0.430 e. The van der Waals surface area contributed by atoms with Crippen LogP contribution in [-0.4, -0.2) is 32.9 Å². The number of fused-ring (bicyclic) bond motifs is 1. The minimum absolute atomic E-state index is 0. The highest BCUT2D eigenvalue weighted by Crippen LogP contribution is 2.40. The topological polar surface area (TPSA) is 64.4 Å². The Morgan fingerprint density at radius 1 is 1.41 bits per heavy atom. The van der Waals surface area contributed by atoms with Gasteiger partial charge in [-0.25, -0.2) is 9.78 Å². The number of rotatable bonds is 4. The lowest BCUT2D eigenvalue weighted by Crippen LogP contribution is -2.40. The van der Waals surface area contributed by atoms with Gasteiger partial charge in [-0.2, -0.15) is 13.2 Å². The summed E-state index contributed by atoms with van der Waals surface area (Å²) in [5.41, 5.74) is -0.183. The number of nitrogens with zero attached hydrogens (tertiary/aromatic N) is 2. The van der Waals surface area contributed by atoms with Crippen molar-refractivity contribution in [1.82, 2.24) is 9.55 Å². The molecule has 1 unspecified atom stereocenters. The maximum Gasteiger partial charge on any atom is 0.430 e. The van der Waals surface area contributed by atoms with Gasteiger partial charge < -0.3 is 14.4 Å². The molecule has 0 saturated carbocycles. The zero-order valence-electron chi connectivity index (χ0n) is 14.0. The molecule has 5 nitrogen and oxygen atoms in total. The van der Waals surface area contributed by atoms with E-state index in [-0.39, 0.29) is 30.3 Å². The second-order valence-electron chi connectivity index (χ2n) is 5.71. The lowest BCUT2D eigenvalue weighted by molar-refractivity contribution is -0.187. The third-order valence-electron chi connectivity index (χ3n) is 4.08. The number of hydrogen-bond donors (Lipinski definition) is 1. The molecule has 0 saturated heterocycles. The van der Waals surface area contributed by atoms with E-state index in [0.717, 1.165) is 11.9 Å². The average molecular weight is 423 g/mol. The van der Waals surface area contributed by atoms with Crippen LogP contribution in [0.4, 0.5) is 13.2 Å². The Morgan fingerprint density at radius 3 is 2.70 bits per heavy atom. The number of aromatic nitrogens is 2. The number of benzene rings is 1. The van der Waals surface area contributed by atoms with Gasteiger partial charge in [0.1, 0.15) is 11.6 Å². The molecule has 2 aromatic rings. The van der Waals surface area contributed by atoms with Gasteiger partial charge in [-0.05, 0) is 18.2 Å². The highest BCUT2D eigenvalue weighted by Gasteiger charge is 2.48. The second-order valence-corrected chi connectivity index (χ2v) is 6.11. The summed E-state index contributed by atoms with van der Waals surface area (Å²) in [6.07, 6.45) is -2.40. The summed E-state index contributed by atoms with van der Waals surface area (Å²) in [4.78, 5) is 15.5. The molecule has 10 heteroatoms. The van der Waals surface area contributed by atoms with Gasteiger partial charge >= 0.3 is 12.1 Å². The van der Waals surface area contributed by atoms with Gasteiger partial charge in [-0.1, -0.05) is 18.5 Å². The summed E-state index contributed by atoms with van der Waals surface area (Å²) in [6.45, 7) is 2.15. The first kappa shape index (κ1) is 21.1. The van der Waals surface area contributed by atoms with E-state index in [4.69, 9.17) is 16.3 Å². The molecule has 0 aliphatic carbocycles. The SMILES string of the molecule is CCc1nccn1Cc1c(Cl)ccc2c1C=C(C(=O)O)C(C(F)(F)F)O2.Cl. The van der Waals surface area contributed by atoms with Gasteiger partial charge in [-0.15, -0.1) is 12.4 Å². The van der Waals surface area contributed by atoms with Crippen LogP contribution in [0, 0.1) is 0 Å². The van der Waals surface area contributed by atoms with Gasteiger partial charge in [0.05, 0.1) is 12.1 Å². The van der Waals surface area contributed by atoms with Crippen molar-refractivity contribution in [3.63, 3.8) is 0 Å². The summed E-state index contributed by atoms with van der Waals surface area (Å²) < 4.78 is 46.3. The van der Waals surface area contributed by atoms with Gasteiger partial charge in [0, 0.05) is 35.0 Å². The minimum atomic E-state index is -4.85. The van der Waals surface area contributed by atoms with E-state index in [1.165, 1.54) is 12.1 Å². The summed E-state index contributed by atoms with van der Waals surface area (Å²) in [5.74, 6) is -0.985. The molecular weight excluding hydrogens is 408 g/mol. The standard InChI is InChI=1S/C17H14ClF3N2O3.ClH/c1-2-14-22-5-6-23(14)8-11-9-7-10(16(24)25)15(17(19,20)21)26-13(9)4-3-12(11)18;/h3-7,15H,2,8H2,1H3,(H,24,25);1H.